The van der Waals surface area contributed by atoms with E-state index in [0.29, 0.717) is 5.92 Å². The Morgan fingerprint density at radius 2 is 1.50 bits per heavy atom. The van der Waals surface area contributed by atoms with Crippen molar-refractivity contribution in [3.05, 3.63) is 42.5 Å². The first-order valence-corrected chi connectivity index (χ1v) is 5.34. The number of hydrogen-bond donors (Lipinski definition) is 1. The van der Waals surface area contributed by atoms with Gasteiger partial charge in [-0.2, -0.15) is 0 Å². The van der Waals surface area contributed by atoms with E-state index in [0.717, 1.165) is 22.6 Å². The molecule has 0 aliphatic heterocycles. The summed E-state index contributed by atoms with van der Waals surface area (Å²) in [7, 11) is 0. The van der Waals surface area contributed by atoms with Crippen molar-refractivity contribution in [1.29, 1.82) is 0 Å². The third-order valence-electron chi connectivity index (χ3n) is 2.43. The Bertz CT molecular complexity index is 458. The van der Waals surface area contributed by atoms with Gasteiger partial charge in [0.05, 0.1) is 0 Å². The number of benzene rings is 1. The average Bonchev–Trinajstić information content (AvgIpc) is 2.30. The molecule has 1 aromatic carbocycles. The molecule has 0 atom stereocenters. The molecule has 0 saturated carbocycles. The van der Waals surface area contributed by atoms with Crippen LogP contribution in [0.3, 0.4) is 0 Å². The minimum Gasteiger partial charge on any atom is -0.399 e. The minimum atomic E-state index is 0.362. The van der Waals surface area contributed by atoms with Gasteiger partial charge in [0.2, 0.25) is 0 Å². The lowest BCUT2D eigenvalue weighted by Crippen LogP contribution is -1.96. The van der Waals surface area contributed by atoms with Gasteiger partial charge in [-0.1, -0.05) is 26.0 Å². The summed E-state index contributed by atoms with van der Waals surface area (Å²) < 4.78 is 0. The highest BCUT2D eigenvalue weighted by Crippen LogP contribution is 2.19. The molecular weight excluding hydrogens is 198 g/mol. The second-order valence-electron chi connectivity index (χ2n) is 4.11. The molecule has 3 nitrogen and oxygen atoms in total. The fourth-order valence-corrected chi connectivity index (χ4v) is 1.46. The van der Waals surface area contributed by atoms with Crippen LogP contribution < -0.4 is 5.73 Å². The summed E-state index contributed by atoms with van der Waals surface area (Å²) in [5, 5.41) is 0. The Morgan fingerprint density at radius 3 is 2.00 bits per heavy atom. The van der Waals surface area contributed by atoms with Crippen molar-refractivity contribution in [2.45, 2.75) is 19.8 Å². The quantitative estimate of drug-likeness (QED) is 0.780. The van der Waals surface area contributed by atoms with E-state index in [9.17, 15) is 0 Å². The lowest BCUT2D eigenvalue weighted by Gasteiger charge is -2.05. The molecule has 0 unspecified atom stereocenters. The van der Waals surface area contributed by atoms with Crippen LogP contribution >= 0.6 is 0 Å². The molecule has 0 fully saturated rings. The predicted octanol–water partition coefficient (Wildman–Crippen LogP) is 2.85. The second kappa shape index (κ2) is 4.31. The zero-order chi connectivity index (χ0) is 11.5. The average molecular weight is 213 g/mol. The molecule has 1 heterocycles. The van der Waals surface area contributed by atoms with Crippen LogP contribution in [0.1, 0.15) is 25.6 Å². The van der Waals surface area contributed by atoms with Crippen LogP contribution in [0.15, 0.2) is 36.7 Å². The molecule has 3 heteroatoms. The summed E-state index contributed by atoms with van der Waals surface area (Å²) in [6.07, 6.45) is 3.71. The van der Waals surface area contributed by atoms with E-state index in [4.69, 9.17) is 5.73 Å². The Morgan fingerprint density at radius 1 is 0.938 bits per heavy atom. The van der Waals surface area contributed by atoms with Gasteiger partial charge in [0.15, 0.2) is 0 Å². The summed E-state index contributed by atoms with van der Waals surface area (Å²) in [5.41, 5.74) is 8.51. The van der Waals surface area contributed by atoms with E-state index < -0.39 is 0 Å². The zero-order valence-corrected chi connectivity index (χ0v) is 9.51. The Labute approximate surface area is 95.4 Å². The molecule has 0 aliphatic rings. The molecule has 2 rings (SSSR count). The van der Waals surface area contributed by atoms with Crippen molar-refractivity contribution in [3.8, 4) is 11.1 Å². The SMILES string of the molecule is CC(C)c1ncc(-c2ccc(N)cc2)cn1. The number of rotatable bonds is 2. The topological polar surface area (TPSA) is 51.8 Å². The van der Waals surface area contributed by atoms with Crippen LogP contribution in [-0.4, -0.2) is 9.97 Å². The third-order valence-corrected chi connectivity index (χ3v) is 2.43. The van der Waals surface area contributed by atoms with Gasteiger partial charge in [-0.15, -0.1) is 0 Å². The van der Waals surface area contributed by atoms with Gasteiger partial charge < -0.3 is 5.73 Å². The first kappa shape index (κ1) is 10.6. The van der Waals surface area contributed by atoms with E-state index in [1.54, 1.807) is 0 Å². The maximum absolute atomic E-state index is 5.64. The van der Waals surface area contributed by atoms with Gasteiger partial charge in [-0.25, -0.2) is 9.97 Å². The molecule has 0 saturated heterocycles. The number of anilines is 1. The predicted molar refractivity (Wildman–Crippen MR) is 66.0 cm³/mol. The maximum atomic E-state index is 5.64. The van der Waals surface area contributed by atoms with Crippen molar-refractivity contribution in [2.75, 3.05) is 5.73 Å². The highest BCUT2D eigenvalue weighted by molar-refractivity contribution is 5.63. The van der Waals surface area contributed by atoms with Crippen LogP contribution in [0, 0.1) is 0 Å². The van der Waals surface area contributed by atoms with E-state index >= 15 is 0 Å². The summed E-state index contributed by atoms with van der Waals surface area (Å²) in [5.74, 6) is 1.24. The highest BCUT2D eigenvalue weighted by Gasteiger charge is 2.03. The normalized spacial score (nSPS) is 10.7. The molecule has 16 heavy (non-hydrogen) atoms. The van der Waals surface area contributed by atoms with Gasteiger partial charge in [-0.05, 0) is 17.7 Å². The minimum absolute atomic E-state index is 0.362. The van der Waals surface area contributed by atoms with Crippen molar-refractivity contribution in [3.63, 3.8) is 0 Å². The van der Waals surface area contributed by atoms with Gasteiger partial charge in [0.1, 0.15) is 5.82 Å². The molecule has 0 aliphatic carbocycles. The van der Waals surface area contributed by atoms with Crippen LogP contribution in [0.4, 0.5) is 5.69 Å². The van der Waals surface area contributed by atoms with Crippen molar-refractivity contribution < 1.29 is 0 Å². The monoisotopic (exact) mass is 213 g/mol. The fraction of sp³-hybridized carbons (Fsp3) is 0.231. The fourth-order valence-electron chi connectivity index (χ4n) is 1.46. The molecule has 82 valence electrons. The summed E-state index contributed by atoms with van der Waals surface area (Å²) in [6, 6.07) is 7.71. The zero-order valence-electron chi connectivity index (χ0n) is 9.51. The Balaban J connectivity index is 2.31. The van der Waals surface area contributed by atoms with Gasteiger partial charge in [-0.3, -0.25) is 0 Å². The standard InChI is InChI=1S/C13H15N3/c1-9(2)13-15-7-11(8-16-13)10-3-5-12(14)6-4-10/h3-9H,14H2,1-2H3. The van der Waals surface area contributed by atoms with Gasteiger partial charge in [0.25, 0.3) is 0 Å². The number of nitrogens with zero attached hydrogens (tertiary/aromatic N) is 2. The first-order valence-electron chi connectivity index (χ1n) is 5.34. The summed E-state index contributed by atoms with van der Waals surface area (Å²) in [6.45, 7) is 4.16. The van der Waals surface area contributed by atoms with Crippen molar-refractivity contribution >= 4 is 5.69 Å². The maximum Gasteiger partial charge on any atom is 0.130 e. The van der Waals surface area contributed by atoms with E-state index in [1.165, 1.54) is 0 Å². The molecule has 0 radical (unpaired) electrons. The molecule has 1 aromatic heterocycles. The lowest BCUT2D eigenvalue weighted by atomic mass is 10.1. The first-order chi connectivity index (χ1) is 7.66. The summed E-state index contributed by atoms with van der Waals surface area (Å²) in [4.78, 5) is 8.67. The second-order valence-corrected chi connectivity index (χ2v) is 4.11. The van der Waals surface area contributed by atoms with Crippen molar-refractivity contribution in [2.24, 2.45) is 0 Å². The van der Waals surface area contributed by atoms with Gasteiger partial charge >= 0.3 is 0 Å². The third kappa shape index (κ3) is 2.19. The van der Waals surface area contributed by atoms with E-state index in [-0.39, 0.29) is 0 Å². The van der Waals surface area contributed by atoms with E-state index in [2.05, 4.69) is 23.8 Å². The number of nitrogens with two attached hydrogens (primary N) is 1. The van der Waals surface area contributed by atoms with E-state index in [1.807, 2.05) is 36.7 Å². The molecule has 0 spiro atoms. The van der Waals surface area contributed by atoms with Crippen molar-refractivity contribution in [1.82, 2.24) is 9.97 Å². The molecule has 0 amide bonds. The number of hydrogen-bond acceptors (Lipinski definition) is 3. The Kier molecular flexibility index (Phi) is 2.86. The van der Waals surface area contributed by atoms with Crippen LogP contribution in [0.25, 0.3) is 11.1 Å². The number of nitrogen functional groups attached to an aromatic ring is 1. The summed E-state index contributed by atoms with van der Waals surface area (Å²) >= 11 is 0. The van der Waals surface area contributed by atoms with Gasteiger partial charge in [0, 0.05) is 29.6 Å². The van der Waals surface area contributed by atoms with Crippen LogP contribution in [0.2, 0.25) is 0 Å². The number of aromatic nitrogens is 2. The molecule has 0 bridgehead atoms. The molecule has 2 aromatic rings. The lowest BCUT2D eigenvalue weighted by molar-refractivity contribution is 0.775. The smallest absolute Gasteiger partial charge is 0.130 e. The highest BCUT2D eigenvalue weighted by atomic mass is 14.9. The van der Waals surface area contributed by atoms with Crippen LogP contribution in [0.5, 0.6) is 0 Å². The molecule has 2 N–H and O–H groups in total. The largest absolute Gasteiger partial charge is 0.399 e. The Hall–Kier alpha value is -1.90. The molecular formula is C13H15N3. The van der Waals surface area contributed by atoms with Crippen LogP contribution in [-0.2, 0) is 0 Å².